The molecule has 4 nitrogen and oxygen atoms in total. The van der Waals surface area contributed by atoms with Crippen molar-refractivity contribution in [2.24, 2.45) is 5.73 Å². The second-order valence-corrected chi connectivity index (χ2v) is 3.08. The highest BCUT2D eigenvalue weighted by Crippen LogP contribution is 2.20. The molecule has 1 unspecified atom stereocenters. The van der Waals surface area contributed by atoms with Crippen LogP contribution in [0.25, 0.3) is 0 Å². The molecule has 0 aliphatic rings. The van der Waals surface area contributed by atoms with Crippen molar-refractivity contribution < 1.29 is 15.0 Å². The zero-order valence-electron chi connectivity index (χ0n) is 6.23. The first-order chi connectivity index (χ1) is 5.66. The normalized spacial score (nSPS) is 12.8. The third-order valence-corrected chi connectivity index (χ3v) is 2.28. The highest BCUT2D eigenvalue weighted by molar-refractivity contribution is 7.08. The fraction of sp³-hybridized carbons (Fsp3) is 0.286. The van der Waals surface area contributed by atoms with Crippen molar-refractivity contribution in [3.8, 4) is 0 Å². The Morgan fingerprint density at radius 3 is 2.83 bits per heavy atom. The van der Waals surface area contributed by atoms with Crippen molar-refractivity contribution in [1.29, 1.82) is 0 Å². The van der Waals surface area contributed by atoms with Gasteiger partial charge in [-0.15, -0.1) is 0 Å². The van der Waals surface area contributed by atoms with Crippen molar-refractivity contribution in [3.63, 3.8) is 0 Å². The summed E-state index contributed by atoms with van der Waals surface area (Å²) in [5.74, 6) is -1.00. The van der Waals surface area contributed by atoms with E-state index in [1.807, 2.05) is 0 Å². The summed E-state index contributed by atoms with van der Waals surface area (Å²) in [5.41, 5.74) is 6.15. The number of aliphatic hydroxyl groups excluding tert-OH is 1. The molecule has 0 spiro atoms. The smallest absolute Gasteiger partial charge is 0.336 e. The van der Waals surface area contributed by atoms with E-state index < -0.39 is 12.0 Å². The lowest BCUT2D eigenvalue weighted by Gasteiger charge is -2.06. The molecule has 0 radical (unpaired) electrons. The maximum absolute atomic E-state index is 10.6. The monoisotopic (exact) mass is 187 g/mol. The van der Waals surface area contributed by atoms with Crippen molar-refractivity contribution in [3.05, 3.63) is 21.9 Å². The Bertz CT molecular complexity index is 284. The third-order valence-electron chi connectivity index (χ3n) is 1.52. The molecule has 1 aromatic rings. The zero-order chi connectivity index (χ0) is 9.14. The van der Waals surface area contributed by atoms with Crippen LogP contribution < -0.4 is 5.73 Å². The molecule has 0 saturated carbocycles. The van der Waals surface area contributed by atoms with Crippen LogP contribution in [0.1, 0.15) is 22.0 Å². The van der Waals surface area contributed by atoms with Gasteiger partial charge in [0.25, 0.3) is 0 Å². The van der Waals surface area contributed by atoms with E-state index in [9.17, 15) is 4.79 Å². The Labute approximate surface area is 73.3 Å². The second-order valence-electron chi connectivity index (χ2n) is 2.34. The second kappa shape index (κ2) is 3.66. The van der Waals surface area contributed by atoms with Gasteiger partial charge in [0.1, 0.15) is 0 Å². The van der Waals surface area contributed by atoms with Gasteiger partial charge >= 0.3 is 5.97 Å². The van der Waals surface area contributed by atoms with Crippen LogP contribution in [-0.2, 0) is 0 Å². The maximum Gasteiger partial charge on any atom is 0.336 e. The molecule has 1 atom stereocenters. The van der Waals surface area contributed by atoms with Gasteiger partial charge in [0.05, 0.1) is 18.2 Å². The molecule has 0 saturated heterocycles. The molecule has 0 bridgehead atoms. The van der Waals surface area contributed by atoms with Crippen LogP contribution in [0.2, 0.25) is 0 Å². The number of carbonyl (C=O) groups is 1. The molecular formula is C7H9NO3S. The van der Waals surface area contributed by atoms with Gasteiger partial charge in [-0.1, -0.05) is 0 Å². The van der Waals surface area contributed by atoms with E-state index in [0.29, 0.717) is 5.56 Å². The minimum atomic E-state index is -1.00. The van der Waals surface area contributed by atoms with Gasteiger partial charge in [0.15, 0.2) is 0 Å². The summed E-state index contributed by atoms with van der Waals surface area (Å²) in [7, 11) is 0. The molecule has 0 aliphatic carbocycles. The molecule has 0 aliphatic heterocycles. The average molecular weight is 187 g/mol. The molecule has 12 heavy (non-hydrogen) atoms. The molecule has 1 aromatic heterocycles. The Balaban J connectivity index is 2.98. The molecule has 4 N–H and O–H groups in total. The van der Waals surface area contributed by atoms with Crippen LogP contribution in [-0.4, -0.2) is 22.8 Å². The number of aromatic carboxylic acids is 1. The standard InChI is InChI=1S/C7H9NO3S/c8-6(1-9)4-2-12-3-5(4)7(10)11/h2-3,6,9H,1,8H2,(H,10,11). The van der Waals surface area contributed by atoms with Crippen LogP contribution in [0.15, 0.2) is 10.8 Å². The summed E-state index contributed by atoms with van der Waals surface area (Å²) in [6.07, 6.45) is 0. The van der Waals surface area contributed by atoms with E-state index in [1.54, 1.807) is 5.38 Å². The number of carboxylic acid groups (broad SMARTS) is 1. The van der Waals surface area contributed by atoms with E-state index >= 15 is 0 Å². The van der Waals surface area contributed by atoms with Gasteiger partial charge in [-0.3, -0.25) is 0 Å². The number of aliphatic hydroxyl groups is 1. The summed E-state index contributed by atoms with van der Waals surface area (Å²) in [6, 6.07) is -0.595. The number of hydrogen-bond acceptors (Lipinski definition) is 4. The van der Waals surface area contributed by atoms with Crippen LogP contribution in [0, 0.1) is 0 Å². The quantitative estimate of drug-likeness (QED) is 0.641. The van der Waals surface area contributed by atoms with Crippen molar-refractivity contribution in [2.75, 3.05) is 6.61 Å². The predicted molar refractivity (Wildman–Crippen MR) is 45.3 cm³/mol. The SMILES string of the molecule is NC(CO)c1cscc1C(=O)O. The summed E-state index contributed by atoms with van der Waals surface area (Å²) in [6.45, 7) is -0.239. The largest absolute Gasteiger partial charge is 0.478 e. The first-order valence-corrected chi connectivity index (χ1v) is 4.27. The Kier molecular flexibility index (Phi) is 2.80. The fourth-order valence-corrected chi connectivity index (χ4v) is 1.76. The Hall–Kier alpha value is -0.910. The van der Waals surface area contributed by atoms with Gasteiger partial charge in [-0.2, -0.15) is 11.3 Å². The molecule has 66 valence electrons. The van der Waals surface area contributed by atoms with Gasteiger partial charge in [-0.05, 0) is 10.9 Å². The lowest BCUT2D eigenvalue weighted by Crippen LogP contribution is -2.16. The lowest BCUT2D eigenvalue weighted by atomic mass is 10.1. The number of rotatable bonds is 3. The zero-order valence-corrected chi connectivity index (χ0v) is 7.04. The Morgan fingerprint density at radius 1 is 1.67 bits per heavy atom. The number of nitrogens with two attached hydrogens (primary N) is 1. The number of carboxylic acids is 1. The summed E-state index contributed by atoms with van der Waals surface area (Å²) < 4.78 is 0. The minimum absolute atomic E-state index is 0.182. The summed E-state index contributed by atoms with van der Waals surface area (Å²) >= 11 is 1.27. The van der Waals surface area contributed by atoms with Crippen LogP contribution >= 0.6 is 11.3 Å². The molecule has 1 heterocycles. The van der Waals surface area contributed by atoms with Gasteiger partial charge in [0, 0.05) is 5.38 Å². The molecule has 5 heteroatoms. The van der Waals surface area contributed by atoms with E-state index in [4.69, 9.17) is 15.9 Å². The highest BCUT2D eigenvalue weighted by atomic mass is 32.1. The van der Waals surface area contributed by atoms with E-state index in [2.05, 4.69) is 0 Å². The molecule has 0 amide bonds. The van der Waals surface area contributed by atoms with Crippen LogP contribution in [0.4, 0.5) is 0 Å². The average Bonchev–Trinajstić information content (AvgIpc) is 2.50. The predicted octanol–water partition coefficient (Wildman–Crippen LogP) is 0.438. The fourth-order valence-electron chi connectivity index (χ4n) is 0.866. The number of hydrogen-bond donors (Lipinski definition) is 3. The van der Waals surface area contributed by atoms with E-state index in [0.717, 1.165) is 0 Å². The molecule has 0 fully saturated rings. The van der Waals surface area contributed by atoms with Crippen molar-refractivity contribution in [2.45, 2.75) is 6.04 Å². The van der Waals surface area contributed by atoms with Crippen LogP contribution in [0.3, 0.4) is 0 Å². The minimum Gasteiger partial charge on any atom is -0.478 e. The first kappa shape index (κ1) is 9.18. The highest BCUT2D eigenvalue weighted by Gasteiger charge is 2.15. The molecule has 0 aromatic carbocycles. The number of thiophene rings is 1. The van der Waals surface area contributed by atoms with Gasteiger partial charge in [0.2, 0.25) is 0 Å². The topological polar surface area (TPSA) is 83.5 Å². The Morgan fingerprint density at radius 2 is 2.33 bits per heavy atom. The van der Waals surface area contributed by atoms with Crippen molar-refractivity contribution >= 4 is 17.3 Å². The summed E-state index contributed by atoms with van der Waals surface area (Å²) in [5, 5.41) is 20.5. The summed E-state index contributed by atoms with van der Waals surface area (Å²) in [4.78, 5) is 10.6. The van der Waals surface area contributed by atoms with Gasteiger partial charge in [-0.25, -0.2) is 4.79 Å². The van der Waals surface area contributed by atoms with E-state index in [1.165, 1.54) is 16.7 Å². The van der Waals surface area contributed by atoms with Gasteiger partial charge < -0.3 is 15.9 Å². The molecule has 1 rings (SSSR count). The molecular weight excluding hydrogens is 178 g/mol. The van der Waals surface area contributed by atoms with Crippen molar-refractivity contribution in [1.82, 2.24) is 0 Å². The first-order valence-electron chi connectivity index (χ1n) is 3.32. The maximum atomic E-state index is 10.6. The van der Waals surface area contributed by atoms with E-state index in [-0.39, 0.29) is 12.2 Å². The third kappa shape index (κ3) is 1.63. The lowest BCUT2D eigenvalue weighted by molar-refractivity contribution is 0.0695. The van der Waals surface area contributed by atoms with Crippen LogP contribution in [0.5, 0.6) is 0 Å².